The molecule has 6 aliphatic rings. The molecule has 0 aliphatic heterocycles. The van der Waals surface area contributed by atoms with E-state index in [2.05, 4.69) is 22.9 Å². The standard InChI is InChI=1S/C56H58F8Si2/c57-49-45-29-41-39(25-27-65(33-13-1-2-14-33,34-15-3-4-16-34)35-17-5-6-18-35)42-30-46-48(52(60)56(64)54(62)50(46)58)32-44(42)40(43(41)31-47(45)51(59)55(63)53(49)61)26-28-66(36-19-7-8-20-36,37-21-9-10-22-37)38-23-11-12-24-38/h29-38H,1-24H2. The Morgan fingerprint density at radius 3 is 0.636 bits per heavy atom. The van der Waals surface area contributed by atoms with Crippen molar-refractivity contribution < 1.29 is 35.1 Å². The molecule has 0 nitrogen and oxygen atoms in total. The molecule has 10 heteroatoms. The molecule has 346 valence electrons. The Bertz CT molecular complexity index is 2490. The van der Waals surface area contributed by atoms with E-state index in [-0.39, 0.29) is 0 Å². The fraction of sp³-hybridized carbons (Fsp3) is 0.536. The fourth-order valence-electron chi connectivity index (χ4n) is 15.5. The summed E-state index contributed by atoms with van der Waals surface area (Å²) in [6.45, 7) is 0. The minimum atomic E-state index is -2.50. The van der Waals surface area contributed by atoms with E-state index >= 15 is 35.1 Å². The van der Waals surface area contributed by atoms with E-state index in [1.54, 1.807) is 0 Å². The molecule has 0 unspecified atom stereocenters. The number of fused-ring (bicyclic) bond motifs is 4. The maximum Gasteiger partial charge on any atom is 0.198 e. The van der Waals surface area contributed by atoms with Crippen LogP contribution in [0.1, 0.15) is 165 Å². The van der Waals surface area contributed by atoms with Crippen molar-refractivity contribution in [3.05, 3.63) is 81.9 Å². The SMILES string of the molecule is Fc1c(F)c(F)c2cc3c(C#C[Si](C4CCCC4)(C4CCCC4)C4CCCC4)c4cc5c(F)c(F)c(F)c(F)c5cc4c(C#C[Si](C4CCCC4)(C4CCCC4)C4CCCC4)c3cc2c1F. The van der Waals surface area contributed by atoms with Gasteiger partial charge >= 0.3 is 0 Å². The number of halogens is 8. The first-order chi connectivity index (χ1) is 32.0. The van der Waals surface area contributed by atoms with Crippen LogP contribution in [0, 0.1) is 69.5 Å². The van der Waals surface area contributed by atoms with Crippen molar-refractivity contribution in [2.45, 2.75) is 187 Å². The normalized spacial score (nSPS) is 21.1. The van der Waals surface area contributed by atoms with Gasteiger partial charge in [-0.05, 0) is 79.1 Å². The zero-order valence-electron chi connectivity index (χ0n) is 37.8. The third-order valence-corrected chi connectivity index (χ3v) is 31.2. The molecule has 0 aromatic heterocycles. The molecule has 0 saturated heterocycles. The highest BCUT2D eigenvalue weighted by Crippen LogP contribution is 2.60. The fourth-order valence-corrected chi connectivity index (χ4v) is 29.6. The van der Waals surface area contributed by atoms with Crippen molar-refractivity contribution in [2.24, 2.45) is 0 Å². The lowest BCUT2D eigenvalue weighted by Gasteiger charge is -2.43. The first kappa shape index (κ1) is 44.6. The van der Waals surface area contributed by atoms with E-state index in [0.717, 1.165) is 154 Å². The molecule has 0 spiro atoms. The highest BCUT2D eigenvalue weighted by Gasteiger charge is 2.55. The van der Waals surface area contributed by atoms with Gasteiger partial charge in [0, 0.05) is 32.7 Å². The van der Waals surface area contributed by atoms with E-state index in [1.165, 1.54) is 24.3 Å². The second kappa shape index (κ2) is 17.6. The van der Waals surface area contributed by atoms with E-state index in [4.69, 9.17) is 0 Å². The highest BCUT2D eigenvalue weighted by molar-refractivity contribution is 6.91. The minimum absolute atomic E-state index is 0.320. The molecular weight excluding hydrogens is 881 g/mol. The van der Waals surface area contributed by atoms with E-state index in [0.29, 0.717) is 65.9 Å². The van der Waals surface area contributed by atoms with E-state index < -0.39 is 84.2 Å². The quantitative estimate of drug-likeness (QED) is 0.0397. The molecule has 66 heavy (non-hydrogen) atoms. The van der Waals surface area contributed by atoms with Gasteiger partial charge in [-0.1, -0.05) is 166 Å². The van der Waals surface area contributed by atoms with Crippen molar-refractivity contribution in [3.8, 4) is 22.9 Å². The van der Waals surface area contributed by atoms with Gasteiger partial charge in [0.2, 0.25) is 0 Å². The Balaban J connectivity index is 1.29. The molecule has 11 rings (SSSR count). The van der Waals surface area contributed by atoms with Crippen LogP contribution in [0.4, 0.5) is 35.1 Å². The minimum Gasteiger partial charge on any atom is -0.203 e. The van der Waals surface area contributed by atoms with Crippen LogP contribution < -0.4 is 0 Å². The Morgan fingerprint density at radius 2 is 0.455 bits per heavy atom. The van der Waals surface area contributed by atoms with Crippen LogP contribution in [0.15, 0.2) is 24.3 Å². The van der Waals surface area contributed by atoms with Gasteiger partial charge in [-0.2, -0.15) is 0 Å². The molecule has 6 saturated carbocycles. The number of hydrogen-bond donors (Lipinski definition) is 0. The zero-order valence-corrected chi connectivity index (χ0v) is 39.8. The third kappa shape index (κ3) is 6.93. The summed E-state index contributed by atoms with van der Waals surface area (Å²) in [5, 5.41) is -0.593. The van der Waals surface area contributed by atoms with E-state index in [1.807, 2.05) is 0 Å². The molecule has 6 aliphatic carbocycles. The second-order valence-electron chi connectivity index (χ2n) is 21.4. The molecule has 0 radical (unpaired) electrons. The van der Waals surface area contributed by atoms with Crippen LogP contribution in [0.2, 0.25) is 33.2 Å². The summed E-state index contributed by atoms with van der Waals surface area (Å²) >= 11 is 0. The van der Waals surface area contributed by atoms with Crippen molar-refractivity contribution in [1.29, 1.82) is 0 Å². The zero-order chi connectivity index (χ0) is 45.5. The topological polar surface area (TPSA) is 0 Å². The Labute approximate surface area is 385 Å². The highest BCUT2D eigenvalue weighted by atomic mass is 28.3. The molecule has 0 atom stereocenters. The van der Waals surface area contributed by atoms with E-state index in [9.17, 15) is 0 Å². The monoisotopic (exact) mass is 938 g/mol. The van der Waals surface area contributed by atoms with Gasteiger partial charge in [0.15, 0.2) is 46.5 Å². The van der Waals surface area contributed by atoms with Crippen LogP contribution in [0.5, 0.6) is 0 Å². The predicted octanol–water partition coefficient (Wildman–Crippen LogP) is 17.8. The molecule has 6 fully saturated rings. The largest absolute Gasteiger partial charge is 0.203 e. The van der Waals surface area contributed by atoms with Crippen LogP contribution in [0.25, 0.3) is 43.1 Å². The van der Waals surface area contributed by atoms with Crippen molar-refractivity contribution in [1.82, 2.24) is 0 Å². The van der Waals surface area contributed by atoms with Gasteiger partial charge in [0.05, 0.1) is 0 Å². The van der Waals surface area contributed by atoms with Crippen molar-refractivity contribution >= 4 is 59.2 Å². The second-order valence-corrected chi connectivity index (χ2v) is 30.5. The lowest BCUT2D eigenvalue weighted by Crippen LogP contribution is -2.46. The van der Waals surface area contributed by atoms with Crippen LogP contribution >= 0.6 is 0 Å². The van der Waals surface area contributed by atoms with Crippen LogP contribution in [-0.4, -0.2) is 16.1 Å². The van der Waals surface area contributed by atoms with Crippen molar-refractivity contribution in [3.63, 3.8) is 0 Å². The maximum absolute atomic E-state index is 16.1. The summed E-state index contributed by atoms with van der Waals surface area (Å²) in [6.07, 6.45) is 27.0. The average molecular weight is 939 g/mol. The molecule has 5 aromatic rings. The summed E-state index contributed by atoms with van der Waals surface area (Å²) in [4.78, 5) is 0. The summed E-state index contributed by atoms with van der Waals surface area (Å²) < 4.78 is 125. The lowest BCUT2D eigenvalue weighted by atomic mass is 9.88. The Morgan fingerprint density at radius 1 is 0.273 bits per heavy atom. The van der Waals surface area contributed by atoms with Gasteiger partial charge in [-0.3, -0.25) is 0 Å². The van der Waals surface area contributed by atoms with Gasteiger partial charge < -0.3 is 0 Å². The van der Waals surface area contributed by atoms with Crippen LogP contribution in [0.3, 0.4) is 0 Å². The third-order valence-electron chi connectivity index (χ3n) is 18.5. The Kier molecular flexibility index (Phi) is 11.9. The first-order valence-electron chi connectivity index (χ1n) is 25.5. The Hall–Kier alpha value is -3.87. The smallest absolute Gasteiger partial charge is 0.198 e. The van der Waals surface area contributed by atoms with Crippen molar-refractivity contribution in [2.75, 3.05) is 0 Å². The van der Waals surface area contributed by atoms with Gasteiger partial charge in [-0.15, -0.1) is 11.1 Å². The summed E-state index contributed by atoms with van der Waals surface area (Å²) in [5.41, 5.74) is 11.7. The van der Waals surface area contributed by atoms with Gasteiger partial charge in [0.25, 0.3) is 0 Å². The number of rotatable bonds is 6. The molecular formula is C56H58F8Si2. The molecule has 0 amide bonds. The van der Waals surface area contributed by atoms with Crippen LogP contribution in [-0.2, 0) is 0 Å². The summed E-state index contributed by atoms with van der Waals surface area (Å²) in [7, 11) is -5.01. The average Bonchev–Trinajstić information content (AvgIpc) is 4.18. The summed E-state index contributed by atoms with van der Waals surface area (Å²) in [5.74, 6) is -6.48. The first-order valence-corrected chi connectivity index (χ1v) is 29.9. The van der Waals surface area contributed by atoms with Gasteiger partial charge in [-0.25, -0.2) is 35.1 Å². The van der Waals surface area contributed by atoms with Gasteiger partial charge in [0.1, 0.15) is 16.1 Å². The predicted molar refractivity (Wildman–Crippen MR) is 255 cm³/mol. The lowest BCUT2D eigenvalue weighted by molar-refractivity contribution is 0.418. The number of benzene rings is 5. The number of hydrogen-bond acceptors (Lipinski definition) is 0. The summed E-state index contributed by atoms with van der Waals surface area (Å²) in [6, 6.07) is 5.36. The molecule has 5 aromatic carbocycles. The molecule has 0 heterocycles. The maximum atomic E-state index is 16.1. The molecule has 0 N–H and O–H groups in total. The molecule has 0 bridgehead atoms.